The van der Waals surface area contributed by atoms with Gasteiger partial charge in [0, 0.05) is 5.56 Å². The fourth-order valence-corrected chi connectivity index (χ4v) is 2.10. The lowest BCUT2D eigenvalue weighted by Gasteiger charge is -2.11. The van der Waals surface area contributed by atoms with Gasteiger partial charge in [0.15, 0.2) is 0 Å². The van der Waals surface area contributed by atoms with E-state index in [0.29, 0.717) is 11.8 Å². The van der Waals surface area contributed by atoms with E-state index in [2.05, 4.69) is 18.9 Å². The highest BCUT2D eigenvalue weighted by Gasteiger charge is 2.14. The second kappa shape index (κ2) is 4.88. The van der Waals surface area contributed by atoms with E-state index in [1.165, 1.54) is 12.1 Å². The molecule has 1 aromatic carbocycles. The molecular weight excluding hydrogens is 239 g/mol. The van der Waals surface area contributed by atoms with E-state index in [1.54, 1.807) is 18.3 Å². The maximum atomic E-state index is 12.9. The van der Waals surface area contributed by atoms with Crippen molar-refractivity contribution in [1.29, 1.82) is 0 Å². The molecule has 90 valence electrons. The summed E-state index contributed by atoms with van der Waals surface area (Å²) in [4.78, 5) is 0. The van der Waals surface area contributed by atoms with Gasteiger partial charge in [0.25, 0.3) is 0 Å². The van der Waals surface area contributed by atoms with Crippen molar-refractivity contribution in [1.82, 2.24) is 9.78 Å². The molecule has 0 aliphatic carbocycles. The Morgan fingerprint density at radius 3 is 2.47 bits per heavy atom. The van der Waals surface area contributed by atoms with Gasteiger partial charge in [-0.25, -0.2) is 9.07 Å². The molecular formula is C13H14ClFN2. The van der Waals surface area contributed by atoms with Crippen LogP contribution in [0.4, 0.5) is 4.39 Å². The fraction of sp³-hybridized carbons (Fsp3) is 0.308. The molecule has 1 aromatic heterocycles. The predicted molar refractivity (Wildman–Crippen MR) is 67.2 cm³/mol. The molecule has 0 saturated heterocycles. The van der Waals surface area contributed by atoms with Crippen LogP contribution in [0.25, 0.3) is 5.69 Å². The van der Waals surface area contributed by atoms with Crippen LogP contribution in [0.5, 0.6) is 0 Å². The highest BCUT2D eigenvalue weighted by atomic mass is 35.5. The molecule has 0 amide bonds. The van der Waals surface area contributed by atoms with Gasteiger partial charge in [-0.05, 0) is 30.2 Å². The van der Waals surface area contributed by atoms with Crippen molar-refractivity contribution < 1.29 is 4.39 Å². The van der Waals surface area contributed by atoms with E-state index < -0.39 is 0 Å². The van der Waals surface area contributed by atoms with Crippen molar-refractivity contribution in [3.63, 3.8) is 0 Å². The van der Waals surface area contributed by atoms with E-state index in [-0.39, 0.29) is 5.82 Å². The minimum Gasteiger partial charge on any atom is -0.237 e. The molecule has 1 heterocycles. The molecule has 0 aliphatic rings. The Morgan fingerprint density at radius 1 is 1.29 bits per heavy atom. The van der Waals surface area contributed by atoms with Crippen LogP contribution in [0.3, 0.4) is 0 Å². The Hall–Kier alpha value is -1.35. The van der Waals surface area contributed by atoms with Crippen LogP contribution in [0.1, 0.15) is 31.0 Å². The molecule has 17 heavy (non-hydrogen) atoms. The van der Waals surface area contributed by atoms with Gasteiger partial charge in [0.05, 0.1) is 23.5 Å². The third kappa shape index (κ3) is 2.34. The van der Waals surface area contributed by atoms with E-state index in [9.17, 15) is 4.39 Å². The normalized spacial score (nSPS) is 11.1. The average molecular weight is 253 g/mol. The van der Waals surface area contributed by atoms with Crippen molar-refractivity contribution in [2.24, 2.45) is 0 Å². The molecule has 2 nitrogen and oxygen atoms in total. The number of benzene rings is 1. The fourth-order valence-electron chi connectivity index (χ4n) is 1.90. The monoisotopic (exact) mass is 252 g/mol. The second-order valence-corrected chi connectivity index (χ2v) is 4.50. The summed E-state index contributed by atoms with van der Waals surface area (Å²) >= 11 is 5.89. The smallest absolute Gasteiger partial charge is 0.123 e. The second-order valence-electron chi connectivity index (χ2n) is 4.23. The predicted octanol–water partition coefficient (Wildman–Crippen LogP) is 3.87. The van der Waals surface area contributed by atoms with Gasteiger partial charge < -0.3 is 0 Å². The first-order valence-electron chi connectivity index (χ1n) is 5.52. The van der Waals surface area contributed by atoms with Crippen molar-refractivity contribution in [2.75, 3.05) is 0 Å². The van der Waals surface area contributed by atoms with Gasteiger partial charge in [0.2, 0.25) is 0 Å². The van der Waals surface area contributed by atoms with E-state index in [1.807, 2.05) is 4.68 Å². The molecule has 0 unspecified atom stereocenters. The number of alkyl halides is 1. The SMILES string of the molecule is CC(C)c1c(CCl)cnn1-c1ccc(F)cc1. The first-order chi connectivity index (χ1) is 8.13. The number of hydrogen-bond acceptors (Lipinski definition) is 1. The molecule has 0 N–H and O–H groups in total. The molecule has 0 spiro atoms. The topological polar surface area (TPSA) is 17.8 Å². The van der Waals surface area contributed by atoms with E-state index in [0.717, 1.165) is 16.9 Å². The first-order valence-corrected chi connectivity index (χ1v) is 6.05. The van der Waals surface area contributed by atoms with Crippen LogP contribution in [-0.4, -0.2) is 9.78 Å². The molecule has 0 fully saturated rings. The summed E-state index contributed by atoms with van der Waals surface area (Å²) in [7, 11) is 0. The molecule has 0 radical (unpaired) electrons. The molecule has 0 atom stereocenters. The summed E-state index contributed by atoms with van der Waals surface area (Å²) in [5, 5.41) is 4.32. The average Bonchev–Trinajstić information content (AvgIpc) is 2.73. The van der Waals surface area contributed by atoms with Gasteiger partial charge >= 0.3 is 0 Å². The van der Waals surface area contributed by atoms with E-state index >= 15 is 0 Å². The lowest BCUT2D eigenvalue weighted by Crippen LogP contribution is -2.05. The third-order valence-electron chi connectivity index (χ3n) is 2.65. The molecule has 4 heteroatoms. The van der Waals surface area contributed by atoms with Crippen LogP contribution in [0, 0.1) is 5.82 Å². The molecule has 0 aliphatic heterocycles. The standard InChI is InChI=1S/C13H14ClFN2/c1-9(2)13-10(7-14)8-16-17(13)12-5-3-11(15)4-6-12/h3-6,8-9H,7H2,1-2H3. The number of aromatic nitrogens is 2. The van der Waals surface area contributed by atoms with Crippen molar-refractivity contribution in [3.05, 3.63) is 47.5 Å². The summed E-state index contributed by atoms with van der Waals surface area (Å²) in [6, 6.07) is 6.29. The van der Waals surface area contributed by atoms with Crippen molar-refractivity contribution in [2.45, 2.75) is 25.6 Å². The van der Waals surface area contributed by atoms with Crippen LogP contribution in [0.2, 0.25) is 0 Å². The summed E-state index contributed by atoms with van der Waals surface area (Å²) in [5.41, 5.74) is 2.95. The Labute approximate surface area is 105 Å². The Kier molecular flexibility index (Phi) is 3.48. The largest absolute Gasteiger partial charge is 0.237 e. The maximum absolute atomic E-state index is 12.9. The molecule has 0 saturated carbocycles. The number of hydrogen-bond donors (Lipinski definition) is 0. The molecule has 2 rings (SSSR count). The highest BCUT2D eigenvalue weighted by molar-refractivity contribution is 6.17. The third-order valence-corrected chi connectivity index (χ3v) is 2.94. The van der Waals surface area contributed by atoms with Crippen molar-refractivity contribution in [3.8, 4) is 5.69 Å². The zero-order chi connectivity index (χ0) is 12.4. The van der Waals surface area contributed by atoms with Crippen molar-refractivity contribution >= 4 is 11.6 Å². The number of halogens is 2. The lowest BCUT2D eigenvalue weighted by molar-refractivity contribution is 0.626. The quantitative estimate of drug-likeness (QED) is 0.758. The minimum absolute atomic E-state index is 0.246. The molecule has 0 bridgehead atoms. The summed E-state index contributed by atoms with van der Waals surface area (Å²) in [6.07, 6.45) is 1.77. The molecule has 2 aromatic rings. The zero-order valence-corrected chi connectivity index (χ0v) is 10.6. The Morgan fingerprint density at radius 2 is 1.94 bits per heavy atom. The number of nitrogens with zero attached hydrogens (tertiary/aromatic N) is 2. The zero-order valence-electron chi connectivity index (χ0n) is 9.82. The Balaban J connectivity index is 2.51. The minimum atomic E-state index is -0.246. The van der Waals surface area contributed by atoms with Gasteiger partial charge in [-0.2, -0.15) is 5.10 Å². The van der Waals surface area contributed by atoms with Gasteiger partial charge in [0.1, 0.15) is 5.82 Å². The van der Waals surface area contributed by atoms with Gasteiger partial charge in [-0.15, -0.1) is 11.6 Å². The van der Waals surface area contributed by atoms with Gasteiger partial charge in [-0.3, -0.25) is 0 Å². The van der Waals surface area contributed by atoms with Crippen LogP contribution in [-0.2, 0) is 5.88 Å². The lowest BCUT2D eigenvalue weighted by atomic mass is 10.1. The maximum Gasteiger partial charge on any atom is 0.123 e. The van der Waals surface area contributed by atoms with Gasteiger partial charge in [-0.1, -0.05) is 13.8 Å². The summed E-state index contributed by atoms with van der Waals surface area (Å²) in [5.74, 6) is 0.509. The van der Waals surface area contributed by atoms with Crippen LogP contribution >= 0.6 is 11.6 Å². The summed E-state index contributed by atoms with van der Waals surface area (Å²) < 4.78 is 14.7. The highest BCUT2D eigenvalue weighted by Crippen LogP contribution is 2.24. The Bertz CT molecular complexity index is 503. The first kappa shape index (κ1) is 12.1. The van der Waals surface area contributed by atoms with Crippen LogP contribution in [0.15, 0.2) is 30.5 Å². The summed E-state index contributed by atoms with van der Waals surface area (Å²) in [6.45, 7) is 4.18. The van der Waals surface area contributed by atoms with E-state index in [4.69, 9.17) is 11.6 Å². The number of rotatable bonds is 3. The van der Waals surface area contributed by atoms with Crippen LogP contribution < -0.4 is 0 Å².